The molecule has 0 spiro atoms. The molecule has 0 atom stereocenters. The monoisotopic (exact) mass is 367 g/mol. The largest absolute Gasteiger partial charge is 0.309 e. The Balaban J connectivity index is 1.39. The van der Waals surface area contributed by atoms with E-state index in [1.54, 1.807) is 6.07 Å². The second-order valence-corrected chi connectivity index (χ2v) is 6.92. The maximum Gasteiger partial charge on any atom is 0.229 e. The molecule has 1 saturated carbocycles. The average molecular weight is 367 g/mol. The molecular formula is C21H19F2N3O. The van der Waals surface area contributed by atoms with Gasteiger partial charge in [0.1, 0.15) is 11.6 Å². The molecule has 1 heterocycles. The highest BCUT2D eigenvalue weighted by molar-refractivity contribution is 5.91. The third-order valence-electron chi connectivity index (χ3n) is 4.94. The van der Waals surface area contributed by atoms with E-state index in [-0.39, 0.29) is 12.3 Å². The van der Waals surface area contributed by atoms with Crippen LogP contribution in [0.3, 0.4) is 0 Å². The van der Waals surface area contributed by atoms with Crippen molar-refractivity contribution in [1.29, 1.82) is 0 Å². The Bertz CT molecular complexity index is 942. The van der Waals surface area contributed by atoms with Crippen molar-refractivity contribution in [2.24, 2.45) is 0 Å². The number of nitrogens with zero attached hydrogens (tertiary/aromatic N) is 1. The molecule has 1 aromatic heterocycles. The number of carbonyl (C=O) groups is 1. The van der Waals surface area contributed by atoms with Crippen LogP contribution in [0.4, 0.5) is 14.6 Å². The summed E-state index contributed by atoms with van der Waals surface area (Å²) >= 11 is 0. The second kappa shape index (κ2) is 7.31. The lowest BCUT2D eigenvalue weighted by Gasteiger charge is -2.25. The Morgan fingerprint density at radius 3 is 2.41 bits per heavy atom. The van der Waals surface area contributed by atoms with Gasteiger partial charge in [0, 0.05) is 17.7 Å². The number of H-pyrrole nitrogens is 1. The van der Waals surface area contributed by atoms with Crippen LogP contribution in [0.15, 0.2) is 48.5 Å². The summed E-state index contributed by atoms with van der Waals surface area (Å²) in [4.78, 5) is 12.2. The second-order valence-electron chi connectivity index (χ2n) is 6.92. The van der Waals surface area contributed by atoms with Gasteiger partial charge in [0.15, 0.2) is 5.82 Å². The van der Waals surface area contributed by atoms with Gasteiger partial charge in [-0.3, -0.25) is 9.89 Å². The van der Waals surface area contributed by atoms with Gasteiger partial charge in [-0.25, -0.2) is 8.78 Å². The smallest absolute Gasteiger partial charge is 0.229 e. The predicted molar refractivity (Wildman–Crippen MR) is 99.3 cm³/mol. The number of nitrogens with one attached hydrogen (secondary N) is 2. The van der Waals surface area contributed by atoms with Gasteiger partial charge in [-0.05, 0) is 42.0 Å². The van der Waals surface area contributed by atoms with E-state index in [0.717, 1.165) is 11.6 Å². The predicted octanol–water partition coefficient (Wildman–Crippen LogP) is 4.80. The van der Waals surface area contributed by atoms with Gasteiger partial charge in [0.05, 0.1) is 12.1 Å². The molecule has 138 valence electrons. The summed E-state index contributed by atoms with van der Waals surface area (Å²) < 4.78 is 26.7. The van der Waals surface area contributed by atoms with Gasteiger partial charge in [0.2, 0.25) is 5.91 Å². The highest BCUT2D eigenvalue weighted by Crippen LogP contribution is 2.36. The minimum absolute atomic E-state index is 0.199. The molecule has 2 N–H and O–H groups in total. The molecule has 4 nitrogen and oxygen atoms in total. The first-order valence-corrected chi connectivity index (χ1v) is 8.97. The Morgan fingerprint density at radius 2 is 1.78 bits per heavy atom. The number of aromatic nitrogens is 2. The zero-order valence-corrected chi connectivity index (χ0v) is 14.6. The van der Waals surface area contributed by atoms with Crippen molar-refractivity contribution in [3.8, 4) is 11.3 Å². The number of carbonyl (C=O) groups excluding carboxylic acids is 1. The molecule has 1 amide bonds. The van der Waals surface area contributed by atoms with Crippen LogP contribution in [-0.4, -0.2) is 16.1 Å². The van der Waals surface area contributed by atoms with E-state index in [0.29, 0.717) is 23.0 Å². The molecule has 6 heteroatoms. The summed E-state index contributed by atoms with van der Waals surface area (Å²) in [7, 11) is 0. The number of halogens is 2. The van der Waals surface area contributed by atoms with Crippen molar-refractivity contribution >= 4 is 11.7 Å². The summed E-state index contributed by atoms with van der Waals surface area (Å²) in [6.07, 6.45) is 4.03. The first kappa shape index (κ1) is 17.4. The summed E-state index contributed by atoms with van der Waals surface area (Å²) in [6, 6.07) is 12.9. The maximum atomic E-state index is 13.3. The Hall–Kier alpha value is -3.02. The molecule has 0 radical (unpaired) electrons. The quantitative estimate of drug-likeness (QED) is 0.680. The number of anilines is 1. The number of benzene rings is 2. The molecule has 3 aromatic rings. The number of hydrogen-bond acceptors (Lipinski definition) is 2. The summed E-state index contributed by atoms with van der Waals surface area (Å²) in [6.45, 7) is 0. The third kappa shape index (κ3) is 4.05. The highest BCUT2D eigenvalue weighted by atomic mass is 19.1. The molecule has 0 saturated heterocycles. The Morgan fingerprint density at radius 1 is 1.07 bits per heavy atom. The molecule has 4 rings (SSSR count). The molecule has 27 heavy (non-hydrogen) atoms. The standard InChI is InChI=1S/C21H19F2N3O/c22-17-9-16(10-18(23)11-17)19-12-20(26-25-19)24-21(27)8-13-4-6-15(7-5-13)14-2-1-3-14/h4-7,9-12,14H,1-3,8H2,(H2,24,25,26,27). The average Bonchev–Trinajstić information content (AvgIpc) is 3.02. The molecular weight excluding hydrogens is 348 g/mol. The Labute approximate surface area is 155 Å². The van der Waals surface area contributed by atoms with Crippen molar-refractivity contribution in [1.82, 2.24) is 10.2 Å². The van der Waals surface area contributed by atoms with E-state index in [1.165, 1.54) is 37.0 Å². The number of aromatic amines is 1. The zero-order chi connectivity index (χ0) is 18.8. The minimum Gasteiger partial charge on any atom is -0.309 e. The van der Waals surface area contributed by atoms with Gasteiger partial charge in [-0.15, -0.1) is 0 Å². The lowest BCUT2D eigenvalue weighted by atomic mass is 9.80. The molecule has 0 bridgehead atoms. The van der Waals surface area contributed by atoms with Gasteiger partial charge < -0.3 is 5.32 Å². The summed E-state index contributed by atoms with van der Waals surface area (Å²) in [5, 5.41) is 9.37. The van der Waals surface area contributed by atoms with E-state index in [9.17, 15) is 13.6 Å². The van der Waals surface area contributed by atoms with Crippen LogP contribution >= 0.6 is 0 Å². The van der Waals surface area contributed by atoms with E-state index in [1.807, 2.05) is 12.1 Å². The third-order valence-corrected chi connectivity index (χ3v) is 4.94. The van der Waals surface area contributed by atoms with Crippen molar-refractivity contribution in [3.63, 3.8) is 0 Å². The van der Waals surface area contributed by atoms with E-state index >= 15 is 0 Å². The van der Waals surface area contributed by atoms with Crippen molar-refractivity contribution < 1.29 is 13.6 Å². The van der Waals surface area contributed by atoms with Gasteiger partial charge in [-0.2, -0.15) is 5.10 Å². The first-order chi connectivity index (χ1) is 13.1. The van der Waals surface area contributed by atoms with Crippen LogP contribution in [0, 0.1) is 11.6 Å². The fourth-order valence-electron chi connectivity index (χ4n) is 3.26. The van der Waals surface area contributed by atoms with Crippen LogP contribution < -0.4 is 5.32 Å². The van der Waals surface area contributed by atoms with Gasteiger partial charge >= 0.3 is 0 Å². The normalized spacial score (nSPS) is 14.0. The van der Waals surface area contributed by atoms with Crippen molar-refractivity contribution in [2.75, 3.05) is 5.32 Å². The van der Waals surface area contributed by atoms with Crippen LogP contribution in [0.5, 0.6) is 0 Å². The lowest BCUT2D eigenvalue weighted by molar-refractivity contribution is -0.115. The summed E-state index contributed by atoms with van der Waals surface area (Å²) in [5.74, 6) is -0.560. The van der Waals surface area contributed by atoms with E-state index in [4.69, 9.17) is 0 Å². The van der Waals surface area contributed by atoms with Crippen LogP contribution in [-0.2, 0) is 11.2 Å². The maximum absolute atomic E-state index is 13.3. The molecule has 1 aliphatic rings. The molecule has 2 aromatic carbocycles. The first-order valence-electron chi connectivity index (χ1n) is 8.97. The lowest BCUT2D eigenvalue weighted by Crippen LogP contribution is -2.15. The zero-order valence-electron chi connectivity index (χ0n) is 14.6. The van der Waals surface area contributed by atoms with Crippen LogP contribution in [0.2, 0.25) is 0 Å². The Kier molecular flexibility index (Phi) is 4.71. The highest BCUT2D eigenvalue weighted by Gasteiger charge is 2.19. The minimum atomic E-state index is -0.671. The van der Waals surface area contributed by atoms with Crippen molar-refractivity contribution in [2.45, 2.75) is 31.6 Å². The number of hydrogen-bond donors (Lipinski definition) is 2. The molecule has 1 aliphatic carbocycles. The summed E-state index contributed by atoms with van der Waals surface area (Å²) in [5.41, 5.74) is 3.02. The molecule has 1 fully saturated rings. The van der Waals surface area contributed by atoms with Crippen LogP contribution in [0.25, 0.3) is 11.3 Å². The topological polar surface area (TPSA) is 57.8 Å². The van der Waals surface area contributed by atoms with Crippen LogP contribution in [0.1, 0.15) is 36.3 Å². The van der Waals surface area contributed by atoms with Gasteiger partial charge in [0.25, 0.3) is 0 Å². The van der Waals surface area contributed by atoms with Gasteiger partial charge in [-0.1, -0.05) is 30.7 Å². The fraction of sp³-hybridized carbons (Fsp3) is 0.238. The fourth-order valence-corrected chi connectivity index (χ4v) is 3.26. The molecule has 0 aliphatic heterocycles. The SMILES string of the molecule is O=C(Cc1ccc(C2CCC2)cc1)Nc1cc(-c2cc(F)cc(F)c2)[nH]n1. The van der Waals surface area contributed by atoms with E-state index in [2.05, 4.69) is 27.6 Å². The van der Waals surface area contributed by atoms with E-state index < -0.39 is 11.6 Å². The number of rotatable bonds is 5. The molecule has 0 unspecified atom stereocenters. The number of amides is 1. The van der Waals surface area contributed by atoms with Crippen molar-refractivity contribution in [3.05, 3.63) is 71.3 Å².